The lowest BCUT2D eigenvalue weighted by molar-refractivity contribution is 0.0992. The molecule has 0 aliphatic rings. The van der Waals surface area contributed by atoms with Crippen LogP contribution in [0.3, 0.4) is 0 Å². The van der Waals surface area contributed by atoms with Crippen LogP contribution in [0.2, 0.25) is 0 Å². The Morgan fingerprint density at radius 2 is 1.79 bits per heavy atom. The first-order chi connectivity index (χ1) is 9.13. The zero-order valence-corrected chi connectivity index (χ0v) is 11.9. The van der Waals surface area contributed by atoms with Crippen LogP contribution in [-0.2, 0) is 0 Å². The third-order valence-corrected chi connectivity index (χ3v) is 3.48. The van der Waals surface area contributed by atoms with Gasteiger partial charge in [0.2, 0.25) is 0 Å². The van der Waals surface area contributed by atoms with Crippen molar-refractivity contribution in [3.8, 4) is 6.07 Å². The summed E-state index contributed by atoms with van der Waals surface area (Å²) in [5.41, 5.74) is 1.93. The van der Waals surface area contributed by atoms with Crippen molar-refractivity contribution in [2.45, 2.75) is 0 Å². The van der Waals surface area contributed by atoms with Crippen molar-refractivity contribution in [3.63, 3.8) is 0 Å². The molecule has 19 heavy (non-hydrogen) atoms. The maximum Gasteiger partial charge on any atom is 0.259 e. The Hall–Kier alpha value is -2.12. The van der Waals surface area contributed by atoms with Crippen LogP contribution in [0.1, 0.15) is 15.9 Å². The number of nitriles is 1. The van der Waals surface area contributed by atoms with Crippen LogP contribution in [0.25, 0.3) is 0 Å². The van der Waals surface area contributed by atoms with E-state index in [0.29, 0.717) is 11.1 Å². The number of rotatable bonds is 2. The molecule has 0 heterocycles. The molecule has 2 aromatic rings. The second-order valence-electron chi connectivity index (χ2n) is 4.00. The van der Waals surface area contributed by atoms with Crippen molar-refractivity contribution in [1.29, 1.82) is 5.26 Å². The minimum atomic E-state index is -0.0998. The van der Waals surface area contributed by atoms with E-state index in [4.69, 9.17) is 5.26 Å². The van der Waals surface area contributed by atoms with Gasteiger partial charge in [0.1, 0.15) is 0 Å². The quantitative estimate of drug-likeness (QED) is 0.850. The maximum absolute atomic E-state index is 12.4. The van der Waals surface area contributed by atoms with Crippen molar-refractivity contribution in [2.24, 2.45) is 0 Å². The largest absolute Gasteiger partial charge is 0.311 e. The van der Waals surface area contributed by atoms with Gasteiger partial charge in [-0.1, -0.05) is 12.1 Å². The number of hydrogen-bond donors (Lipinski definition) is 0. The van der Waals surface area contributed by atoms with Gasteiger partial charge in [0.15, 0.2) is 0 Å². The highest BCUT2D eigenvalue weighted by Gasteiger charge is 2.15. The van der Waals surface area contributed by atoms with Crippen LogP contribution in [0, 0.1) is 11.3 Å². The molecule has 0 radical (unpaired) electrons. The highest BCUT2D eigenvalue weighted by molar-refractivity contribution is 9.10. The third kappa shape index (κ3) is 2.83. The first-order valence-corrected chi connectivity index (χ1v) is 6.45. The molecule has 0 aliphatic heterocycles. The van der Waals surface area contributed by atoms with E-state index in [2.05, 4.69) is 22.0 Å². The highest BCUT2D eigenvalue weighted by Crippen LogP contribution is 2.21. The van der Waals surface area contributed by atoms with Crippen LogP contribution in [0.15, 0.2) is 53.0 Å². The smallest absolute Gasteiger partial charge is 0.259 e. The minimum absolute atomic E-state index is 0.0998. The number of carbonyl (C=O) groups excluding carboxylic acids is 1. The standard InChI is InChI=1S/C15H11BrN2O/c1-18(12-8-6-11(10-17)7-9-12)15(19)13-4-2-3-5-14(13)16/h2-9H,1H3. The summed E-state index contributed by atoms with van der Waals surface area (Å²) in [6, 6.07) is 16.2. The Bertz CT molecular complexity index is 644. The van der Waals surface area contributed by atoms with Gasteiger partial charge in [-0.25, -0.2) is 0 Å². The molecule has 0 bridgehead atoms. The predicted molar refractivity (Wildman–Crippen MR) is 78.0 cm³/mol. The number of carbonyl (C=O) groups is 1. The van der Waals surface area contributed by atoms with Gasteiger partial charge in [-0.05, 0) is 52.3 Å². The molecule has 0 saturated carbocycles. The van der Waals surface area contributed by atoms with Crippen molar-refractivity contribution in [1.82, 2.24) is 0 Å². The fourth-order valence-corrected chi connectivity index (χ4v) is 2.15. The van der Waals surface area contributed by atoms with Crippen molar-refractivity contribution >= 4 is 27.5 Å². The molecule has 0 saturated heterocycles. The van der Waals surface area contributed by atoms with E-state index in [0.717, 1.165) is 10.2 Å². The van der Waals surface area contributed by atoms with Gasteiger partial charge in [-0.3, -0.25) is 4.79 Å². The molecule has 0 spiro atoms. The fourth-order valence-electron chi connectivity index (χ4n) is 1.69. The molecule has 3 nitrogen and oxygen atoms in total. The summed E-state index contributed by atoms with van der Waals surface area (Å²) in [6.07, 6.45) is 0. The molecule has 2 rings (SSSR count). The van der Waals surface area contributed by atoms with E-state index in [1.807, 2.05) is 18.2 Å². The Morgan fingerprint density at radius 1 is 1.16 bits per heavy atom. The third-order valence-electron chi connectivity index (χ3n) is 2.79. The van der Waals surface area contributed by atoms with E-state index >= 15 is 0 Å². The molecule has 4 heteroatoms. The van der Waals surface area contributed by atoms with Crippen molar-refractivity contribution < 1.29 is 4.79 Å². The van der Waals surface area contributed by atoms with Gasteiger partial charge in [-0.2, -0.15) is 5.26 Å². The molecule has 2 aromatic carbocycles. The topological polar surface area (TPSA) is 44.1 Å². The van der Waals surface area contributed by atoms with Gasteiger partial charge in [0.05, 0.1) is 17.2 Å². The summed E-state index contributed by atoms with van der Waals surface area (Å²) in [6.45, 7) is 0. The number of amides is 1. The first-order valence-electron chi connectivity index (χ1n) is 5.66. The maximum atomic E-state index is 12.4. The zero-order chi connectivity index (χ0) is 13.8. The van der Waals surface area contributed by atoms with Crippen LogP contribution in [-0.4, -0.2) is 13.0 Å². The Kier molecular flexibility index (Phi) is 3.98. The number of halogens is 1. The van der Waals surface area contributed by atoms with Crippen LogP contribution >= 0.6 is 15.9 Å². The average molecular weight is 315 g/mol. The lowest BCUT2D eigenvalue weighted by atomic mass is 10.1. The molecular formula is C15H11BrN2O. The van der Waals surface area contributed by atoms with Gasteiger partial charge in [0.25, 0.3) is 5.91 Å². The lowest BCUT2D eigenvalue weighted by Crippen LogP contribution is -2.26. The number of hydrogen-bond acceptors (Lipinski definition) is 2. The monoisotopic (exact) mass is 314 g/mol. The van der Waals surface area contributed by atoms with E-state index in [9.17, 15) is 4.79 Å². The van der Waals surface area contributed by atoms with Gasteiger partial charge < -0.3 is 4.90 Å². The minimum Gasteiger partial charge on any atom is -0.311 e. The lowest BCUT2D eigenvalue weighted by Gasteiger charge is -2.18. The molecule has 0 aromatic heterocycles. The highest BCUT2D eigenvalue weighted by atomic mass is 79.9. The molecule has 0 unspecified atom stereocenters. The molecule has 0 atom stereocenters. The number of anilines is 1. The van der Waals surface area contributed by atoms with Crippen molar-refractivity contribution in [2.75, 3.05) is 11.9 Å². The first kappa shape index (κ1) is 13.3. The SMILES string of the molecule is CN(C(=O)c1ccccc1Br)c1ccc(C#N)cc1. The Balaban J connectivity index is 2.29. The summed E-state index contributed by atoms with van der Waals surface area (Å²) in [5, 5.41) is 8.75. The van der Waals surface area contributed by atoms with Crippen LogP contribution in [0.4, 0.5) is 5.69 Å². The molecule has 0 N–H and O–H groups in total. The van der Waals surface area contributed by atoms with E-state index in [1.54, 1.807) is 42.3 Å². The summed E-state index contributed by atoms with van der Waals surface area (Å²) in [4.78, 5) is 13.9. The van der Waals surface area contributed by atoms with Gasteiger partial charge in [0, 0.05) is 17.2 Å². The summed E-state index contributed by atoms with van der Waals surface area (Å²) >= 11 is 3.37. The van der Waals surface area contributed by atoms with Crippen molar-refractivity contribution in [3.05, 3.63) is 64.1 Å². The zero-order valence-electron chi connectivity index (χ0n) is 10.3. The fraction of sp³-hybridized carbons (Fsp3) is 0.0667. The van der Waals surface area contributed by atoms with E-state index in [1.165, 1.54) is 0 Å². The number of benzene rings is 2. The molecule has 0 aliphatic carbocycles. The van der Waals surface area contributed by atoms with E-state index in [-0.39, 0.29) is 5.91 Å². The summed E-state index contributed by atoms with van der Waals surface area (Å²) in [7, 11) is 1.71. The Labute approximate surface area is 120 Å². The molecule has 94 valence electrons. The normalized spacial score (nSPS) is 9.74. The second kappa shape index (κ2) is 5.68. The van der Waals surface area contributed by atoms with Crippen LogP contribution < -0.4 is 4.90 Å². The average Bonchev–Trinajstić information content (AvgIpc) is 2.46. The summed E-state index contributed by atoms with van der Waals surface area (Å²) in [5.74, 6) is -0.0998. The van der Waals surface area contributed by atoms with E-state index < -0.39 is 0 Å². The predicted octanol–water partition coefficient (Wildman–Crippen LogP) is 3.60. The van der Waals surface area contributed by atoms with Gasteiger partial charge in [-0.15, -0.1) is 0 Å². The Morgan fingerprint density at radius 3 is 2.37 bits per heavy atom. The number of nitrogens with zero attached hydrogens (tertiary/aromatic N) is 2. The molecular weight excluding hydrogens is 304 g/mol. The second-order valence-corrected chi connectivity index (χ2v) is 4.86. The van der Waals surface area contributed by atoms with Crippen LogP contribution in [0.5, 0.6) is 0 Å². The molecule has 1 amide bonds. The van der Waals surface area contributed by atoms with Gasteiger partial charge >= 0.3 is 0 Å². The summed E-state index contributed by atoms with van der Waals surface area (Å²) < 4.78 is 0.764. The molecule has 0 fully saturated rings.